The fraction of sp³-hybridized carbons (Fsp3) is 0.107. The summed E-state index contributed by atoms with van der Waals surface area (Å²) in [6.45, 7) is 14.7. The standard InChI is InChI=1S/C24H19ClN2O4S2.2C2H4/c1-2-26-19-12-17(16-6-4-3-5-7-16)8-10-21(19)31-23(26)14-24-27(15-33(28,29)30)20-13-18(25)9-11-22(20)32-24;2*1-2/h3-14H,2,15H2,1H3;2*1-2H2/p+1. The van der Waals surface area contributed by atoms with Gasteiger partial charge in [0.05, 0.1) is 11.8 Å². The van der Waals surface area contributed by atoms with Crippen LogP contribution in [0, 0.1) is 0 Å². The van der Waals surface area contributed by atoms with Crippen molar-refractivity contribution in [1.29, 1.82) is 0 Å². The summed E-state index contributed by atoms with van der Waals surface area (Å²) in [7, 11) is -4.27. The molecule has 0 radical (unpaired) electrons. The van der Waals surface area contributed by atoms with Gasteiger partial charge in [0.15, 0.2) is 5.75 Å². The van der Waals surface area contributed by atoms with E-state index in [0.29, 0.717) is 28.0 Å². The van der Waals surface area contributed by atoms with Gasteiger partial charge in [-0.3, -0.25) is 4.55 Å². The van der Waals surface area contributed by atoms with E-state index in [1.807, 2.05) is 48.2 Å². The van der Waals surface area contributed by atoms with Crippen molar-refractivity contribution in [2.75, 3.05) is 11.4 Å². The van der Waals surface area contributed by atoms with Crippen molar-refractivity contribution >= 4 is 55.0 Å². The summed E-state index contributed by atoms with van der Waals surface area (Å²) >= 11 is 7.54. The van der Waals surface area contributed by atoms with Gasteiger partial charge >= 0.3 is 10.1 Å². The first-order valence-electron chi connectivity index (χ1n) is 11.3. The molecular weight excluding hydrogens is 528 g/mol. The number of aromatic nitrogens is 1. The van der Waals surface area contributed by atoms with Crippen molar-refractivity contribution in [2.24, 2.45) is 0 Å². The number of hydrogen-bond acceptors (Lipinski definition) is 5. The molecule has 1 aliphatic heterocycles. The highest BCUT2D eigenvalue weighted by atomic mass is 35.5. The normalized spacial score (nSPS) is 13.3. The van der Waals surface area contributed by atoms with Crippen molar-refractivity contribution in [1.82, 2.24) is 0 Å². The third kappa shape index (κ3) is 6.29. The second-order valence-electron chi connectivity index (χ2n) is 7.57. The van der Waals surface area contributed by atoms with Crippen LogP contribution in [0.15, 0.2) is 98.9 Å². The van der Waals surface area contributed by atoms with Gasteiger partial charge in [0.25, 0.3) is 10.9 Å². The monoisotopic (exact) mass is 555 g/mol. The molecule has 37 heavy (non-hydrogen) atoms. The highest BCUT2D eigenvalue weighted by molar-refractivity contribution is 7.84. The number of halogens is 1. The van der Waals surface area contributed by atoms with E-state index in [9.17, 15) is 13.0 Å². The van der Waals surface area contributed by atoms with Gasteiger partial charge in [0.2, 0.25) is 11.4 Å². The fourth-order valence-corrected chi connectivity index (χ4v) is 5.85. The van der Waals surface area contributed by atoms with Crippen LogP contribution in [-0.4, -0.2) is 19.5 Å². The highest BCUT2D eigenvalue weighted by Crippen LogP contribution is 2.42. The lowest BCUT2D eigenvalue weighted by Gasteiger charge is -2.15. The Balaban J connectivity index is 0.000000907. The van der Waals surface area contributed by atoms with Gasteiger partial charge in [0, 0.05) is 17.6 Å². The smallest absolute Gasteiger partial charge is 0.326 e. The predicted octanol–water partition coefficient (Wildman–Crippen LogP) is 7.18. The van der Waals surface area contributed by atoms with Crippen LogP contribution in [0.1, 0.15) is 11.9 Å². The van der Waals surface area contributed by atoms with Crippen LogP contribution in [-0.2, 0) is 16.0 Å². The zero-order valence-electron chi connectivity index (χ0n) is 20.4. The molecule has 1 aromatic heterocycles. The van der Waals surface area contributed by atoms with E-state index in [1.54, 1.807) is 18.2 Å². The van der Waals surface area contributed by atoms with Gasteiger partial charge in [0.1, 0.15) is 4.70 Å². The first-order valence-corrected chi connectivity index (χ1v) is 14.1. The van der Waals surface area contributed by atoms with Crippen molar-refractivity contribution in [3.05, 3.63) is 109 Å². The topological polar surface area (TPSA) is 70.7 Å². The average molecular weight is 556 g/mol. The Morgan fingerprint density at radius 1 is 1.03 bits per heavy atom. The summed E-state index contributed by atoms with van der Waals surface area (Å²) in [4.78, 5) is 2.04. The van der Waals surface area contributed by atoms with Gasteiger partial charge in [-0.25, -0.2) is 0 Å². The number of ether oxygens (including phenoxy) is 1. The number of anilines is 1. The Morgan fingerprint density at radius 3 is 2.38 bits per heavy atom. The maximum Gasteiger partial charge on any atom is 0.326 e. The van der Waals surface area contributed by atoms with Gasteiger partial charge in [-0.1, -0.05) is 59.3 Å². The second kappa shape index (κ2) is 12.2. The number of thiazole rings is 1. The summed E-state index contributed by atoms with van der Waals surface area (Å²) < 4.78 is 41.5. The van der Waals surface area contributed by atoms with Gasteiger partial charge in [-0.2, -0.15) is 13.0 Å². The first-order chi connectivity index (χ1) is 17.8. The SMILES string of the molecule is C=C.C=C.CCN1C(=Cc2sc3ccc(Cl)cc3[n+]2CS(=O)(=O)O)Oc2ccc(-c3ccccc3)cc21. The molecular formula is C28H28ClN2O4S2+. The molecule has 1 aliphatic rings. The molecule has 3 aromatic carbocycles. The second-order valence-corrected chi connectivity index (χ2v) is 10.5. The predicted molar refractivity (Wildman–Crippen MR) is 155 cm³/mol. The molecule has 0 aliphatic carbocycles. The van der Waals surface area contributed by atoms with Crippen molar-refractivity contribution in [3.63, 3.8) is 0 Å². The van der Waals surface area contributed by atoms with Crippen molar-refractivity contribution < 1.29 is 22.3 Å². The minimum absolute atomic E-state index is 0.483. The van der Waals surface area contributed by atoms with Gasteiger partial charge in [-0.15, -0.1) is 26.3 Å². The fourth-order valence-electron chi connectivity index (χ4n) is 3.93. The highest BCUT2D eigenvalue weighted by Gasteiger charge is 2.30. The molecule has 4 aromatic rings. The summed E-state index contributed by atoms with van der Waals surface area (Å²) in [5, 5.41) is 1.10. The third-order valence-electron chi connectivity index (χ3n) is 5.39. The van der Waals surface area contributed by atoms with Gasteiger partial charge < -0.3 is 9.64 Å². The molecule has 0 amide bonds. The molecule has 0 fully saturated rings. The third-order valence-corrected chi connectivity index (χ3v) is 7.32. The molecule has 0 unspecified atom stereocenters. The number of fused-ring (bicyclic) bond motifs is 2. The molecule has 192 valence electrons. The van der Waals surface area contributed by atoms with E-state index < -0.39 is 16.0 Å². The number of hydrogen-bond donors (Lipinski definition) is 1. The van der Waals surface area contributed by atoms with E-state index in [4.69, 9.17) is 16.3 Å². The number of rotatable bonds is 5. The number of nitrogens with zero attached hydrogens (tertiary/aromatic N) is 2. The lowest BCUT2D eigenvalue weighted by molar-refractivity contribution is -0.649. The molecule has 0 atom stereocenters. The quantitative estimate of drug-likeness (QED) is 0.160. The van der Waals surface area contributed by atoms with E-state index in [0.717, 1.165) is 27.3 Å². The molecule has 0 bridgehead atoms. The average Bonchev–Trinajstić information content (AvgIpc) is 3.42. The van der Waals surface area contributed by atoms with E-state index >= 15 is 0 Å². The zero-order valence-corrected chi connectivity index (χ0v) is 22.8. The van der Waals surface area contributed by atoms with Crippen LogP contribution in [0.4, 0.5) is 5.69 Å². The molecule has 2 heterocycles. The van der Waals surface area contributed by atoms with Crippen LogP contribution >= 0.6 is 22.9 Å². The summed E-state index contributed by atoms with van der Waals surface area (Å²) in [6.07, 6.45) is 1.80. The lowest BCUT2D eigenvalue weighted by atomic mass is 10.0. The minimum Gasteiger partial charge on any atom is -0.438 e. The maximum absolute atomic E-state index is 11.7. The molecule has 0 spiro atoms. The van der Waals surface area contributed by atoms with Crippen LogP contribution < -0.4 is 14.2 Å². The Morgan fingerprint density at radius 2 is 1.73 bits per heavy atom. The van der Waals surface area contributed by atoms with Crippen LogP contribution in [0.2, 0.25) is 5.02 Å². The van der Waals surface area contributed by atoms with E-state index in [1.165, 1.54) is 15.9 Å². The molecule has 1 N–H and O–H groups in total. The van der Waals surface area contributed by atoms with Gasteiger partial charge in [-0.05, 0) is 42.3 Å². The molecule has 5 rings (SSSR count). The summed E-state index contributed by atoms with van der Waals surface area (Å²) in [6, 6.07) is 21.4. The summed E-state index contributed by atoms with van der Waals surface area (Å²) in [5.74, 6) is 0.733. The van der Waals surface area contributed by atoms with Crippen LogP contribution in [0.25, 0.3) is 27.4 Å². The molecule has 9 heteroatoms. The van der Waals surface area contributed by atoms with E-state index in [-0.39, 0.29) is 0 Å². The minimum atomic E-state index is -4.27. The lowest BCUT2D eigenvalue weighted by Crippen LogP contribution is -2.39. The Kier molecular flexibility index (Phi) is 9.29. The Labute approximate surface area is 226 Å². The van der Waals surface area contributed by atoms with Crippen LogP contribution in [0.5, 0.6) is 5.75 Å². The van der Waals surface area contributed by atoms with Crippen LogP contribution in [0.3, 0.4) is 0 Å². The van der Waals surface area contributed by atoms with E-state index in [2.05, 4.69) is 44.5 Å². The number of benzene rings is 3. The first kappa shape index (κ1) is 28.1. The Hall–Kier alpha value is -3.43. The molecule has 0 saturated heterocycles. The largest absolute Gasteiger partial charge is 0.438 e. The zero-order chi connectivity index (χ0) is 27.2. The molecule has 6 nitrogen and oxygen atoms in total. The van der Waals surface area contributed by atoms with Crippen molar-refractivity contribution in [3.8, 4) is 16.9 Å². The Bertz CT molecular complexity index is 1530. The molecule has 0 saturated carbocycles. The van der Waals surface area contributed by atoms with Crippen molar-refractivity contribution in [2.45, 2.75) is 12.8 Å². The maximum atomic E-state index is 11.7. The summed E-state index contributed by atoms with van der Waals surface area (Å²) in [5.41, 5.74) is 3.76.